The van der Waals surface area contributed by atoms with Crippen molar-refractivity contribution < 1.29 is 16.8 Å². The number of anilines is 1. The fourth-order valence-corrected chi connectivity index (χ4v) is 3.05. The van der Waals surface area contributed by atoms with Crippen molar-refractivity contribution in [1.29, 1.82) is 0 Å². The highest BCUT2D eigenvalue weighted by molar-refractivity contribution is 7.89. The van der Waals surface area contributed by atoms with Crippen molar-refractivity contribution in [2.45, 2.75) is 18.2 Å². The molecule has 1 aromatic rings. The van der Waals surface area contributed by atoms with Gasteiger partial charge in [-0.2, -0.15) is 0 Å². The third kappa shape index (κ3) is 5.45. The van der Waals surface area contributed by atoms with E-state index in [0.717, 1.165) is 11.8 Å². The Morgan fingerprint density at radius 2 is 1.70 bits per heavy atom. The third-order valence-corrected chi connectivity index (χ3v) is 4.76. The van der Waals surface area contributed by atoms with Crippen LogP contribution in [0.4, 0.5) is 5.69 Å². The normalized spacial score (nSPS) is 12.5. The molecule has 0 fully saturated rings. The van der Waals surface area contributed by atoms with E-state index in [1.807, 2.05) is 0 Å². The van der Waals surface area contributed by atoms with E-state index >= 15 is 0 Å². The van der Waals surface area contributed by atoms with Crippen molar-refractivity contribution in [3.8, 4) is 0 Å². The van der Waals surface area contributed by atoms with Crippen LogP contribution in [-0.2, 0) is 20.0 Å². The lowest BCUT2D eigenvalue weighted by molar-refractivity contribution is 0.575. The summed E-state index contributed by atoms with van der Waals surface area (Å²) in [5.74, 6) is 0. The molecule has 0 saturated heterocycles. The summed E-state index contributed by atoms with van der Waals surface area (Å²) >= 11 is 0. The van der Waals surface area contributed by atoms with Gasteiger partial charge in [0.15, 0.2) is 0 Å². The Morgan fingerprint density at radius 3 is 2.25 bits per heavy atom. The molecule has 0 aromatic heterocycles. The van der Waals surface area contributed by atoms with E-state index in [4.69, 9.17) is 5.73 Å². The maximum atomic E-state index is 12.0. The van der Waals surface area contributed by atoms with Gasteiger partial charge < -0.3 is 5.73 Å². The zero-order valence-corrected chi connectivity index (χ0v) is 13.0. The number of hydrogen-bond acceptors (Lipinski definition) is 5. The summed E-state index contributed by atoms with van der Waals surface area (Å²) in [4.78, 5) is 0.0941. The number of nitrogens with two attached hydrogens (primary N) is 1. The summed E-state index contributed by atoms with van der Waals surface area (Å²) in [5.41, 5.74) is 6.89. The lowest BCUT2D eigenvalue weighted by Gasteiger charge is -2.08. The highest BCUT2D eigenvalue weighted by atomic mass is 32.2. The lowest BCUT2D eigenvalue weighted by Crippen LogP contribution is -2.29. The van der Waals surface area contributed by atoms with Gasteiger partial charge >= 0.3 is 0 Å². The molecule has 114 valence electrons. The van der Waals surface area contributed by atoms with E-state index in [2.05, 4.69) is 9.44 Å². The summed E-state index contributed by atoms with van der Waals surface area (Å²) < 4.78 is 50.2. The molecule has 7 nitrogen and oxygen atoms in total. The van der Waals surface area contributed by atoms with Gasteiger partial charge in [0.2, 0.25) is 20.0 Å². The molecule has 1 aromatic carbocycles. The first-order valence-electron chi connectivity index (χ1n) is 5.92. The third-order valence-electron chi connectivity index (χ3n) is 2.57. The zero-order chi connectivity index (χ0) is 15.4. The van der Waals surface area contributed by atoms with Gasteiger partial charge in [-0.25, -0.2) is 26.3 Å². The van der Waals surface area contributed by atoms with Gasteiger partial charge in [-0.1, -0.05) is 6.07 Å². The van der Waals surface area contributed by atoms with Crippen molar-refractivity contribution in [1.82, 2.24) is 9.44 Å². The van der Waals surface area contributed by atoms with Crippen LogP contribution < -0.4 is 15.2 Å². The first-order valence-corrected chi connectivity index (χ1v) is 9.30. The fraction of sp³-hybridized carbons (Fsp3) is 0.455. The number of nitrogens with one attached hydrogen (secondary N) is 2. The van der Waals surface area contributed by atoms with Gasteiger partial charge in [0.1, 0.15) is 0 Å². The molecule has 0 bridgehead atoms. The number of sulfonamides is 2. The van der Waals surface area contributed by atoms with Gasteiger partial charge in [-0.15, -0.1) is 0 Å². The second-order valence-electron chi connectivity index (χ2n) is 4.44. The highest BCUT2D eigenvalue weighted by Gasteiger charge is 2.14. The largest absolute Gasteiger partial charge is 0.398 e. The zero-order valence-electron chi connectivity index (χ0n) is 11.4. The Balaban J connectivity index is 2.56. The van der Waals surface area contributed by atoms with Gasteiger partial charge in [0, 0.05) is 18.8 Å². The Morgan fingerprint density at radius 1 is 1.10 bits per heavy atom. The average Bonchev–Trinajstić information content (AvgIpc) is 2.30. The molecule has 4 N–H and O–H groups in total. The van der Waals surface area contributed by atoms with Crippen molar-refractivity contribution in [2.24, 2.45) is 0 Å². The van der Waals surface area contributed by atoms with E-state index in [1.165, 1.54) is 12.1 Å². The number of nitrogen functional groups attached to an aromatic ring is 1. The first-order chi connectivity index (χ1) is 9.12. The van der Waals surface area contributed by atoms with Crippen molar-refractivity contribution in [2.75, 3.05) is 25.1 Å². The van der Waals surface area contributed by atoms with Crippen LogP contribution in [0.25, 0.3) is 0 Å². The molecular formula is C11H19N3O4S2. The van der Waals surface area contributed by atoms with Gasteiger partial charge in [0.05, 0.1) is 11.2 Å². The van der Waals surface area contributed by atoms with Crippen LogP contribution in [0, 0.1) is 6.92 Å². The molecule has 0 heterocycles. The van der Waals surface area contributed by atoms with E-state index in [-0.39, 0.29) is 18.0 Å². The monoisotopic (exact) mass is 321 g/mol. The lowest BCUT2D eigenvalue weighted by atomic mass is 10.2. The number of aryl methyl sites for hydroxylation is 1. The number of hydrogen-bond donors (Lipinski definition) is 3. The molecule has 1 rings (SSSR count). The Kier molecular flexibility index (Phi) is 5.51. The second-order valence-corrected chi connectivity index (χ2v) is 8.04. The standard InChI is InChI=1S/C11H19N3O4S2/c1-9-4-5-10(8-11(9)12)20(17,18)14-7-3-6-13-19(2,15)16/h4-5,8,13-14H,3,6-7,12H2,1-2H3. The smallest absolute Gasteiger partial charge is 0.240 e. The maximum absolute atomic E-state index is 12.0. The molecule has 20 heavy (non-hydrogen) atoms. The predicted octanol–water partition coefficient (Wildman–Crippen LogP) is -0.205. The SMILES string of the molecule is Cc1ccc(S(=O)(=O)NCCCNS(C)(=O)=O)cc1N. The first kappa shape index (κ1) is 16.9. The quantitative estimate of drug-likeness (QED) is 0.474. The fourth-order valence-electron chi connectivity index (χ4n) is 1.42. The van der Waals surface area contributed by atoms with Gasteiger partial charge in [-0.05, 0) is 31.0 Å². The van der Waals surface area contributed by atoms with Crippen LogP contribution in [0.1, 0.15) is 12.0 Å². The van der Waals surface area contributed by atoms with Crippen LogP contribution in [-0.4, -0.2) is 36.2 Å². The molecular weight excluding hydrogens is 302 g/mol. The molecule has 0 spiro atoms. The minimum Gasteiger partial charge on any atom is -0.398 e. The number of rotatable bonds is 7. The molecule has 0 atom stereocenters. The molecule has 0 radical (unpaired) electrons. The van der Waals surface area contributed by atoms with Crippen molar-refractivity contribution >= 4 is 25.7 Å². The van der Waals surface area contributed by atoms with E-state index in [0.29, 0.717) is 12.1 Å². The van der Waals surface area contributed by atoms with Gasteiger partial charge in [-0.3, -0.25) is 0 Å². The predicted molar refractivity (Wildman–Crippen MR) is 78.2 cm³/mol. The molecule has 0 saturated carbocycles. The van der Waals surface area contributed by atoms with Gasteiger partial charge in [0.25, 0.3) is 0 Å². The van der Waals surface area contributed by atoms with Crippen LogP contribution in [0.2, 0.25) is 0 Å². The van der Waals surface area contributed by atoms with Crippen LogP contribution in [0.5, 0.6) is 0 Å². The van der Waals surface area contributed by atoms with E-state index < -0.39 is 20.0 Å². The minimum atomic E-state index is -3.62. The molecule has 0 unspecified atom stereocenters. The Hall–Kier alpha value is -1.16. The Bertz CT molecular complexity index is 669. The molecule has 0 amide bonds. The number of benzene rings is 1. The van der Waals surface area contributed by atoms with Crippen molar-refractivity contribution in [3.63, 3.8) is 0 Å². The van der Waals surface area contributed by atoms with Crippen molar-refractivity contribution in [3.05, 3.63) is 23.8 Å². The average molecular weight is 321 g/mol. The molecule has 0 aliphatic heterocycles. The van der Waals surface area contributed by atoms with Crippen LogP contribution in [0.3, 0.4) is 0 Å². The van der Waals surface area contributed by atoms with E-state index in [1.54, 1.807) is 13.0 Å². The van der Waals surface area contributed by atoms with E-state index in [9.17, 15) is 16.8 Å². The molecule has 0 aliphatic rings. The summed E-state index contributed by atoms with van der Waals surface area (Å²) in [5, 5.41) is 0. The summed E-state index contributed by atoms with van der Waals surface area (Å²) in [7, 11) is -6.87. The molecule has 9 heteroatoms. The van der Waals surface area contributed by atoms with Crippen LogP contribution in [0.15, 0.2) is 23.1 Å². The minimum absolute atomic E-state index is 0.0941. The molecule has 0 aliphatic carbocycles. The Labute approximate surface area is 119 Å². The topological polar surface area (TPSA) is 118 Å². The summed E-state index contributed by atoms with van der Waals surface area (Å²) in [6.45, 7) is 2.10. The maximum Gasteiger partial charge on any atom is 0.240 e. The second kappa shape index (κ2) is 6.53. The van der Waals surface area contributed by atoms with Crippen LogP contribution >= 0.6 is 0 Å². The highest BCUT2D eigenvalue weighted by Crippen LogP contribution is 2.16. The summed E-state index contributed by atoms with van der Waals surface area (Å²) in [6.07, 6.45) is 1.40. The summed E-state index contributed by atoms with van der Waals surface area (Å²) in [6, 6.07) is 4.50.